The Bertz CT molecular complexity index is 358. The van der Waals surface area contributed by atoms with Crippen molar-refractivity contribution in [2.45, 2.75) is 26.2 Å². The summed E-state index contributed by atoms with van der Waals surface area (Å²) in [7, 11) is 1.30. The maximum Gasteiger partial charge on any atom is 0.341 e. The van der Waals surface area contributed by atoms with Gasteiger partial charge in [0.05, 0.1) is 7.11 Å². The number of methoxy groups -OCH3 is 1. The number of carbonyl (C=O) groups is 1. The molecule has 0 aliphatic carbocycles. The monoisotopic (exact) mass is 208 g/mol. The summed E-state index contributed by atoms with van der Waals surface area (Å²) in [5, 5.41) is 9.89. The highest BCUT2D eigenvalue weighted by atomic mass is 16.5. The number of benzene rings is 1. The normalized spacial score (nSPS) is 12.2. The van der Waals surface area contributed by atoms with Crippen LogP contribution in [0.1, 0.15) is 42.1 Å². The largest absolute Gasteiger partial charge is 0.507 e. The minimum atomic E-state index is -0.502. The summed E-state index contributed by atoms with van der Waals surface area (Å²) in [6.45, 7) is 4.05. The zero-order valence-corrected chi connectivity index (χ0v) is 9.28. The van der Waals surface area contributed by atoms with Crippen LogP contribution < -0.4 is 0 Å². The summed E-state index contributed by atoms with van der Waals surface area (Å²) in [4.78, 5) is 11.3. The minimum Gasteiger partial charge on any atom is -0.507 e. The SMILES string of the molecule is CCC(C)c1cccc(C(=O)OC)c1O. The first-order valence-electron chi connectivity index (χ1n) is 5.02. The van der Waals surface area contributed by atoms with Crippen LogP contribution in [0, 0.1) is 0 Å². The zero-order valence-electron chi connectivity index (χ0n) is 9.28. The van der Waals surface area contributed by atoms with Gasteiger partial charge in [0, 0.05) is 0 Å². The van der Waals surface area contributed by atoms with E-state index in [0.29, 0.717) is 0 Å². The molecular formula is C12H16O3. The lowest BCUT2D eigenvalue weighted by molar-refractivity contribution is 0.0597. The van der Waals surface area contributed by atoms with E-state index in [2.05, 4.69) is 4.74 Å². The van der Waals surface area contributed by atoms with Crippen LogP contribution >= 0.6 is 0 Å². The lowest BCUT2D eigenvalue weighted by Gasteiger charge is -2.13. The van der Waals surface area contributed by atoms with E-state index in [9.17, 15) is 9.90 Å². The molecule has 1 N–H and O–H groups in total. The van der Waals surface area contributed by atoms with E-state index in [1.54, 1.807) is 12.1 Å². The molecule has 0 bridgehead atoms. The minimum absolute atomic E-state index is 0.0405. The molecule has 0 saturated heterocycles. The van der Waals surface area contributed by atoms with Gasteiger partial charge in [-0.1, -0.05) is 26.0 Å². The van der Waals surface area contributed by atoms with Crippen molar-refractivity contribution in [3.63, 3.8) is 0 Å². The second kappa shape index (κ2) is 4.82. The first kappa shape index (κ1) is 11.6. The number of esters is 1. The second-order valence-electron chi connectivity index (χ2n) is 3.54. The fourth-order valence-corrected chi connectivity index (χ4v) is 1.45. The molecular weight excluding hydrogens is 192 g/mol. The van der Waals surface area contributed by atoms with E-state index in [1.165, 1.54) is 7.11 Å². The van der Waals surface area contributed by atoms with Crippen molar-refractivity contribution in [1.82, 2.24) is 0 Å². The van der Waals surface area contributed by atoms with Gasteiger partial charge in [-0.25, -0.2) is 4.79 Å². The molecule has 0 amide bonds. The highest BCUT2D eigenvalue weighted by molar-refractivity contribution is 5.92. The molecule has 1 atom stereocenters. The molecule has 0 aromatic heterocycles. The number of ether oxygens (including phenoxy) is 1. The number of hydrogen-bond donors (Lipinski definition) is 1. The van der Waals surface area contributed by atoms with E-state index in [-0.39, 0.29) is 17.2 Å². The molecule has 15 heavy (non-hydrogen) atoms. The third-order valence-electron chi connectivity index (χ3n) is 2.62. The fourth-order valence-electron chi connectivity index (χ4n) is 1.45. The Hall–Kier alpha value is -1.51. The molecule has 3 heteroatoms. The molecule has 0 spiro atoms. The van der Waals surface area contributed by atoms with Gasteiger partial charge in [-0.2, -0.15) is 0 Å². The van der Waals surface area contributed by atoms with Crippen LogP contribution in [-0.4, -0.2) is 18.2 Å². The summed E-state index contributed by atoms with van der Waals surface area (Å²) < 4.78 is 4.59. The summed E-state index contributed by atoms with van der Waals surface area (Å²) in [6, 6.07) is 5.15. The molecule has 0 aliphatic rings. The topological polar surface area (TPSA) is 46.5 Å². The molecule has 0 heterocycles. The Balaban J connectivity index is 3.16. The second-order valence-corrected chi connectivity index (χ2v) is 3.54. The van der Waals surface area contributed by atoms with Crippen LogP contribution in [0.4, 0.5) is 0 Å². The highest BCUT2D eigenvalue weighted by Gasteiger charge is 2.16. The first-order chi connectivity index (χ1) is 7.11. The molecule has 0 aliphatic heterocycles. The van der Waals surface area contributed by atoms with E-state index in [0.717, 1.165) is 12.0 Å². The van der Waals surface area contributed by atoms with Crippen LogP contribution in [0.15, 0.2) is 18.2 Å². The Labute approximate surface area is 89.7 Å². The Kier molecular flexibility index (Phi) is 3.72. The van der Waals surface area contributed by atoms with Crippen molar-refractivity contribution in [2.24, 2.45) is 0 Å². The number of rotatable bonds is 3. The van der Waals surface area contributed by atoms with E-state index >= 15 is 0 Å². The summed E-state index contributed by atoms with van der Waals surface area (Å²) in [5.41, 5.74) is 1.02. The van der Waals surface area contributed by atoms with Crippen LogP contribution in [0.5, 0.6) is 5.75 Å². The standard InChI is InChI=1S/C12H16O3/c1-4-8(2)9-6-5-7-10(11(9)13)12(14)15-3/h5-8,13H,4H2,1-3H3. The number of phenols is 1. The predicted molar refractivity (Wildman–Crippen MR) is 58.2 cm³/mol. The highest BCUT2D eigenvalue weighted by Crippen LogP contribution is 2.30. The number of aromatic hydroxyl groups is 1. The Morgan fingerprint density at radius 2 is 2.20 bits per heavy atom. The molecule has 1 aromatic rings. The maximum absolute atomic E-state index is 11.3. The number of carbonyl (C=O) groups excluding carboxylic acids is 1. The van der Waals surface area contributed by atoms with E-state index < -0.39 is 5.97 Å². The van der Waals surface area contributed by atoms with Gasteiger partial charge in [-0.3, -0.25) is 0 Å². The molecule has 0 fully saturated rings. The number of para-hydroxylation sites is 1. The van der Waals surface area contributed by atoms with Gasteiger partial charge < -0.3 is 9.84 Å². The molecule has 1 unspecified atom stereocenters. The van der Waals surface area contributed by atoms with Crippen LogP contribution in [0.25, 0.3) is 0 Å². The van der Waals surface area contributed by atoms with E-state index in [4.69, 9.17) is 0 Å². The summed E-state index contributed by atoms with van der Waals surface area (Å²) >= 11 is 0. The molecule has 82 valence electrons. The maximum atomic E-state index is 11.3. The third kappa shape index (κ3) is 2.29. The Morgan fingerprint density at radius 3 is 2.73 bits per heavy atom. The van der Waals surface area contributed by atoms with Crippen LogP contribution in [0.2, 0.25) is 0 Å². The van der Waals surface area contributed by atoms with Gasteiger partial charge in [0.1, 0.15) is 11.3 Å². The third-order valence-corrected chi connectivity index (χ3v) is 2.62. The van der Waals surface area contributed by atoms with Crippen molar-refractivity contribution >= 4 is 5.97 Å². The lowest BCUT2D eigenvalue weighted by Crippen LogP contribution is -2.03. The molecule has 0 radical (unpaired) electrons. The predicted octanol–water partition coefficient (Wildman–Crippen LogP) is 2.69. The van der Waals surface area contributed by atoms with Gasteiger partial charge in [0.2, 0.25) is 0 Å². The van der Waals surface area contributed by atoms with Crippen molar-refractivity contribution in [1.29, 1.82) is 0 Å². The smallest absolute Gasteiger partial charge is 0.341 e. The number of hydrogen-bond acceptors (Lipinski definition) is 3. The zero-order chi connectivity index (χ0) is 11.4. The summed E-state index contributed by atoms with van der Waals surface area (Å²) in [6.07, 6.45) is 0.915. The number of phenolic OH excluding ortho intramolecular Hbond substituents is 1. The van der Waals surface area contributed by atoms with Crippen molar-refractivity contribution in [3.8, 4) is 5.75 Å². The fraction of sp³-hybridized carbons (Fsp3) is 0.417. The van der Waals surface area contributed by atoms with Crippen molar-refractivity contribution in [2.75, 3.05) is 7.11 Å². The Morgan fingerprint density at radius 1 is 1.53 bits per heavy atom. The van der Waals surface area contributed by atoms with Gasteiger partial charge in [-0.15, -0.1) is 0 Å². The van der Waals surface area contributed by atoms with Gasteiger partial charge in [0.15, 0.2) is 0 Å². The molecule has 0 saturated carbocycles. The molecule has 1 rings (SSSR count). The summed E-state index contributed by atoms with van der Waals surface area (Å²) in [5.74, 6) is -0.231. The average molecular weight is 208 g/mol. The molecule has 3 nitrogen and oxygen atoms in total. The lowest BCUT2D eigenvalue weighted by atomic mass is 9.95. The average Bonchev–Trinajstić information content (AvgIpc) is 2.27. The van der Waals surface area contributed by atoms with Gasteiger partial charge in [-0.05, 0) is 24.0 Å². The van der Waals surface area contributed by atoms with Crippen LogP contribution in [-0.2, 0) is 4.74 Å². The van der Waals surface area contributed by atoms with Gasteiger partial charge >= 0.3 is 5.97 Å². The van der Waals surface area contributed by atoms with Crippen LogP contribution in [0.3, 0.4) is 0 Å². The van der Waals surface area contributed by atoms with Gasteiger partial charge in [0.25, 0.3) is 0 Å². The van der Waals surface area contributed by atoms with Crippen molar-refractivity contribution in [3.05, 3.63) is 29.3 Å². The molecule has 1 aromatic carbocycles. The quantitative estimate of drug-likeness (QED) is 0.777. The first-order valence-corrected chi connectivity index (χ1v) is 5.02. The van der Waals surface area contributed by atoms with E-state index in [1.807, 2.05) is 19.9 Å². The van der Waals surface area contributed by atoms with Crippen molar-refractivity contribution < 1.29 is 14.6 Å².